The Morgan fingerprint density at radius 2 is 2.31 bits per heavy atom. The molecule has 1 heterocycles. The van der Waals surface area contributed by atoms with Gasteiger partial charge in [0, 0.05) is 6.54 Å². The Bertz CT molecular complexity index is 242. The lowest BCUT2D eigenvalue weighted by atomic mass is 9.95. The fraction of sp³-hybridized carbons (Fsp3) is 0.714. The van der Waals surface area contributed by atoms with Gasteiger partial charge in [-0.05, 0) is 0 Å². The van der Waals surface area contributed by atoms with Crippen LogP contribution in [0.4, 0.5) is 8.78 Å². The van der Waals surface area contributed by atoms with Gasteiger partial charge in [0.1, 0.15) is 5.92 Å². The maximum atomic E-state index is 12.7. The minimum atomic E-state index is -3.46. The van der Waals surface area contributed by atoms with E-state index in [-0.39, 0.29) is 6.54 Å². The van der Waals surface area contributed by atoms with Crippen molar-refractivity contribution in [2.75, 3.05) is 20.2 Å². The van der Waals surface area contributed by atoms with Crippen molar-refractivity contribution >= 4 is 11.8 Å². The number of nitrogens with one attached hydrogen (secondary N) is 1. The molecule has 0 saturated carbocycles. The van der Waals surface area contributed by atoms with Crippen molar-refractivity contribution in [2.45, 2.75) is 5.92 Å². The molecule has 1 aliphatic heterocycles. The zero-order valence-corrected chi connectivity index (χ0v) is 6.97. The molecule has 1 N–H and O–H groups in total. The number of rotatable bonds is 1. The molecule has 13 heavy (non-hydrogen) atoms. The number of carbonyl (C=O) groups excluding carboxylic acids is 2. The minimum Gasteiger partial charge on any atom is -0.468 e. The summed E-state index contributed by atoms with van der Waals surface area (Å²) in [4.78, 5) is 21.8. The van der Waals surface area contributed by atoms with Gasteiger partial charge in [-0.2, -0.15) is 8.78 Å². The number of ketones is 1. The fourth-order valence-electron chi connectivity index (χ4n) is 1.14. The van der Waals surface area contributed by atoms with Crippen LogP contribution in [0, 0.1) is 5.92 Å². The molecule has 0 aromatic rings. The predicted molar refractivity (Wildman–Crippen MR) is 38.3 cm³/mol. The van der Waals surface area contributed by atoms with E-state index < -0.39 is 30.1 Å². The molecule has 6 heteroatoms. The Morgan fingerprint density at radius 3 is 2.85 bits per heavy atom. The van der Waals surface area contributed by atoms with Gasteiger partial charge in [0.25, 0.3) is 0 Å². The quantitative estimate of drug-likeness (QED) is 0.454. The summed E-state index contributed by atoms with van der Waals surface area (Å²) in [6, 6.07) is 0. The van der Waals surface area contributed by atoms with Crippen LogP contribution in [0.5, 0.6) is 0 Å². The number of methoxy groups -OCH3 is 1. The van der Waals surface area contributed by atoms with E-state index in [0.29, 0.717) is 0 Å². The largest absolute Gasteiger partial charge is 0.468 e. The minimum absolute atomic E-state index is 0.0822. The summed E-state index contributed by atoms with van der Waals surface area (Å²) >= 11 is 0. The second-order valence-electron chi connectivity index (χ2n) is 2.78. The Labute approximate surface area is 73.2 Å². The van der Waals surface area contributed by atoms with Gasteiger partial charge in [0.15, 0.2) is 0 Å². The van der Waals surface area contributed by atoms with Crippen molar-refractivity contribution in [1.29, 1.82) is 0 Å². The molecular weight excluding hydrogens is 184 g/mol. The van der Waals surface area contributed by atoms with Crippen molar-refractivity contribution in [2.24, 2.45) is 5.92 Å². The molecule has 0 bridgehead atoms. The molecule has 0 radical (unpaired) electrons. The summed E-state index contributed by atoms with van der Waals surface area (Å²) in [5.74, 6) is -7.12. The Hall–Kier alpha value is -1.04. The molecule has 1 unspecified atom stereocenters. The van der Waals surface area contributed by atoms with Crippen molar-refractivity contribution in [1.82, 2.24) is 5.32 Å². The van der Waals surface area contributed by atoms with Crippen LogP contribution in [0.3, 0.4) is 0 Å². The summed E-state index contributed by atoms with van der Waals surface area (Å²) in [5, 5.41) is 2.30. The van der Waals surface area contributed by atoms with Crippen LogP contribution in [0.1, 0.15) is 0 Å². The van der Waals surface area contributed by atoms with Crippen molar-refractivity contribution in [3.63, 3.8) is 0 Å². The first-order chi connectivity index (χ1) is 5.99. The number of carbonyl (C=O) groups is 2. The van der Waals surface area contributed by atoms with Crippen LogP contribution in [-0.4, -0.2) is 37.9 Å². The lowest BCUT2D eigenvalue weighted by Crippen LogP contribution is -2.54. The van der Waals surface area contributed by atoms with Gasteiger partial charge in [0.2, 0.25) is 5.78 Å². The third-order valence-corrected chi connectivity index (χ3v) is 1.86. The van der Waals surface area contributed by atoms with Crippen molar-refractivity contribution < 1.29 is 23.1 Å². The van der Waals surface area contributed by atoms with E-state index in [4.69, 9.17) is 0 Å². The third-order valence-electron chi connectivity index (χ3n) is 1.86. The average Bonchev–Trinajstić information content (AvgIpc) is 2.08. The summed E-state index contributed by atoms with van der Waals surface area (Å²) < 4.78 is 29.7. The van der Waals surface area contributed by atoms with Gasteiger partial charge in [-0.25, -0.2) is 0 Å². The molecule has 1 saturated heterocycles. The highest BCUT2D eigenvalue weighted by molar-refractivity contribution is 6.03. The first kappa shape index (κ1) is 10.0. The van der Waals surface area contributed by atoms with Crippen molar-refractivity contribution in [3.8, 4) is 0 Å². The molecule has 0 aromatic carbocycles. The summed E-state index contributed by atoms with van der Waals surface area (Å²) in [5.41, 5.74) is 0. The number of hydrogen-bond donors (Lipinski definition) is 1. The zero-order chi connectivity index (χ0) is 10.1. The van der Waals surface area contributed by atoms with Gasteiger partial charge < -0.3 is 10.1 Å². The topological polar surface area (TPSA) is 55.4 Å². The number of ether oxygens (including phenoxy) is 1. The molecule has 0 amide bonds. The first-order valence-electron chi connectivity index (χ1n) is 3.69. The average molecular weight is 193 g/mol. The highest BCUT2D eigenvalue weighted by atomic mass is 19.3. The Kier molecular flexibility index (Phi) is 2.60. The van der Waals surface area contributed by atoms with Crippen molar-refractivity contribution in [3.05, 3.63) is 0 Å². The Morgan fingerprint density at radius 1 is 1.69 bits per heavy atom. The summed E-state index contributed by atoms with van der Waals surface area (Å²) in [6.07, 6.45) is 0. The number of piperidine rings is 1. The first-order valence-corrected chi connectivity index (χ1v) is 3.69. The fourth-order valence-corrected chi connectivity index (χ4v) is 1.14. The van der Waals surface area contributed by atoms with E-state index in [1.165, 1.54) is 0 Å². The third kappa shape index (κ3) is 1.82. The highest BCUT2D eigenvalue weighted by Crippen LogP contribution is 2.22. The lowest BCUT2D eigenvalue weighted by Gasteiger charge is -2.26. The Balaban J connectivity index is 2.77. The number of esters is 1. The lowest BCUT2D eigenvalue weighted by molar-refractivity contribution is -0.162. The van der Waals surface area contributed by atoms with E-state index >= 15 is 0 Å². The van der Waals surface area contributed by atoms with Crippen LogP contribution >= 0.6 is 0 Å². The number of alkyl halides is 2. The van der Waals surface area contributed by atoms with Crippen LogP contribution < -0.4 is 5.32 Å². The molecule has 1 fully saturated rings. The zero-order valence-electron chi connectivity index (χ0n) is 6.97. The van der Waals surface area contributed by atoms with Gasteiger partial charge in [0.05, 0.1) is 13.7 Å². The van der Waals surface area contributed by atoms with Gasteiger partial charge in [-0.15, -0.1) is 0 Å². The molecule has 0 aliphatic carbocycles. The second kappa shape index (κ2) is 3.37. The monoisotopic (exact) mass is 193 g/mol. The second-order valence-corrected chi connectivity index (χ2v) is 2.78. The van der Waals surface area contributed by atoms with Gasteiger partial charge in [-0.1, -0.05) is 0 Å². The summed E-state index contributed by atoms with van der Waals surface area (Å²) in [6.45, 7) is -0.791. The van der Waals surface area contributed by atoms with Gasteiger partial charge in [-0.3, -0.25) is 9.59 Å². The van der Waals surface area contributed by atoms with Crippen LogP contribution in [0.2, 0.25) is 0 Å². The normalized spacial score (nSPS) is 27.0. The molecular formula is C7H9F2NO3. The SMILES string of the molecule is COC(=O)C1CNCC(F)(F)C1=O. The van der Waals surface area contributed by atoms with Gasteiger partial charge >= 0.3 is 11.9 Å². The standard InChI is InChI=1S/C7H9F2NO3/c1-13-6(12)4-2-10-3-7(8,9)5(4)11/h4,10H,2-3H2,1H3. The van der Waals surface area contributed by atoms with E-state index in [0.717, 1.165) is 7.11 Å². The molecule has 0 spiro atoms. The summed E-state index contributed by atoms with van der Waals surface area (Å²) in [7, 11) is 1.06. The van der Waals surface area contributed by atoms with Crippen LogP contribution in [0.15, 0.2) is 0 Å². The van der Waals surface area contributed by atoms with E-state index in [1.807, 2.05) is 0 Å². The maximum Gasteiger partial charge on any atom is 0.318 e. The molecule has 4 nitrogen and oxygen atoms in total. The predicted octanol–water partition coefficient (Wildman–Crippen LogP) is -0.417. The smallest absolute Gasteiger partial charge is 0.318 e. The molecule has 0 aromatic heterocycles. The van der Waals surface area contributed by atoms with E-state index in [9.17, 15) is 18.4 Å². The van der Waals surface area contributed by atoms with Crippen LogP contribution in [0.25, 0.3) is 0 Å². The maximum absolute atomic E-state index is 12.7. The van der Waals surface area contributed by atoms with E-state index in [2.05, 4.69) is 10.1 Å². The highest BCUT2D eigenvalue weighted by Gasteiger charge is 2.49. The molecule has 1 rings (SSSR count). The number of halogens is 2. The van der Waals surface area contributed by atoms with Crippen LogP contribution in [-0.2, 0) is 14.3 Å². The number of hydrogen-bond acceptors (Lipinski definition) is 4. The number of Topliss-reactive ketones (excluding diaryl/α,β-unsaturated/α-hetero) is 1. The molecule has 1 aliphatic rings. The molecule has 1 atom stereocenters. The van der Waals surface area contributed by atoms with E-state index in [1.54, 1.807) is 0 Å². The molecule has 74 valence electrons.